The Hall–Kier alpha value is -2.89. The van der Waals surface area contributed by atoms with Crippen LogP contribution in [0.1, 0.15) is 81.2 Å². The Balaban J connectivity index is 1.57. The van der Waals surface area contributed by atoms with Gasteiger partial charge in [0.2, 0.25) is 10.0 Å². The highest BCUT2D eigenvalue weighted by atomic mass is 32.2. The summed E-state index contributed by atoms with van der Waals surface area (Å²) in [5.74, 6) is -1.85. The second-order valence-corrected chi connectivity index (χ2v) is 15.0. The molecule has 8 nitrogen and oxygen atoms in total. The monoisotopic (exact) mass is 601 g/mol. The van der Waals surface area contributed by atoms with Crippen LogP contribution < -0.4 is 10.0 Å². The van der Waals surface area contributed by atoms with E-state index in [1.54, 1.807) is 32.9 Å². The van der Waals surface area contributed by atoms with Crippen molar-refractivity contribution in [3.05, 3.63) is 46.9 Å². The molecule has 0 aliphatic heterocycles. The Bertz CT molecular complexity index is 1580. The van der Waals surface area contributed by atoms with Crippen molar-refractivity contribution < 1.29 is 27.5 Å². The fourth-order valence-electron chi connectivity index (χ4n) is 5.86. The van der Waals surface area contributed by atoms with Crippen LogP contribution in [0.3, 0.4) is 0 Å². The molecule has 1 heterocycles. The lowest BCUT2D eigenvalue weighted by Crippen LogP contribution is -2.46. The zero-order valence-corrected chi connectivity index (χ0v) is 25.1. The van der Waals surface area contributed by atoms with E-state index < -0.39 is 33.3 Å². The number of amides is 1. The van der Waals surface area contributed by atoms with E-state index in [2.05, 4.69) is 10.0 Å². The van der Waals surface area contributed by atoms with Crippen molar-refractivity contribution in [1.82, 2.24) is 15.0 Å². The van der Waals surface area contributed by atoms with Crippen LogP contribution in [0, 0.1) is 17.7 Å². The summed E-state index contributed by atoms with van der Waals surface area (Å²) in [6.45, 7) is 5.23. The van der Waals surface area contributed by atoms with Crippen molar-refractivity contribution in [3.8, 4) is 10.4 Å². The summed E-state index contributed by atoms with van der Waals surface area (Å²) in [6, 6.07) is 7.29. The van der Waals surface area contributed by atoms with Crippen molar-refractivity contribution in [2.24, 2.45) is 11.8 Å². The molecule has 0 spiro atoms. The lowest BCUT2D eigenvalue weighted by Gasteiger charge is -2.32. The molecule has 0 unspecified atom stereocenters. The van der Waals surface area contributed by atoms with E-state index in [-0.39, 0.29) is 32.6 Å². The van der Waals surface area contributed by atoms with Gasteiger partial charge in [-0.25, -0.2) is 22.5 Å². The normalized spacial score (nSPS) is 20.1. The Labute approximate surface area is 243 Å². The summed E-state index contributed by atoms with van der Waals surface area (Å²) in [5, 5.41) is 12.7. The molecule has 1 aromatic heterocycles. The molecular weight excluding hydrogens is 565 g/mol. The van der Waals surface area contributed by atoms with Gasteiger partial charge >= 0.3 is 5.97 Å². The minimum Gasteiger partial charge on any atom is -0.481 e. The van der Waals surface area contributed by atoms with Crippen molar-refractivity contribution in [3.63, 3.8) is 0 Å². The molecule has 3 N–H and O–H groups in total. The quantitative estimate of drug-likeness (QED) is 0.295. The SMILES string of the molecule is CC(C)(C)NS(=O)(=O)c1ccc(-c2sc(C(=O)N[C@H]3C[C@H](C(=O)O)C3)nc2CC2CCCCC2)c2c(F)cccc12. The minimum absolute atomic E-state index is 0.0139. The molecule has 3 aromatic rings. The zero-order valence-electron chi connectivity index (χ0n) is 23.5. The number of nitrogens with zero attached hydrogens (tertiary/aromatic N) is 1. The van der Waals surface area contributed by atoms with Crippen molar-refractivity contribution in [1.29, 1.82) is 0 Å². The van der Waals surface area contributed by atoms with Gasteiger partial charge in [-0.2, -0.15) is 0 Å². The van der Waals surface area contributed by atoms with Crippen LogP contribution in [-0.2, 0) is 21.2 Å². The molecule has 2 aromatic carbocycles. The molecule has 0 saturated heterocycles. The molecular formula is C30H36FN3O5S2. The lowest BCUT2D eigenvalue weighted by atomic mass is 9.80. The van der Waals surface area contributed by atoms with Crippen LogP contribution in [0.25, 0.3) is 21.2 Å². The third-order valence-corrected chi connectivity index (χ3v) is 10.8. The van der Waals surface area contributed by atoms with E-state index in [4.69, 9.17) is 10.1 Å². The van der Waals surface area contributed by atoms with Crippen molar-refractivity contribution in [2.75, 3.05) is 0 Å². The van der Waals surface area contributed by atoms with Gasteiger partial charge in [-0.15, -0.1) is 11.3 Å². The van der Waals surface area contributed by atoms with Gasteiger partial charge in [-0.05, 0) is 58.1 Å². The van der Waals surface area contributed by atoms with Gasteiger partial charge in [-0.1, -0.05) is 50.3 Å². The number of halogens is 1. The number of fused-ring (bicyclic) bond motifs is 1. The summed E-state index contributed by atoms with van der Waals surface area (Å²) in [7, 11) is -3.96. The molecule has 2 fully saturated rings. The lowest BCUT2D eigenvalue weighted by molar-refractivity contribution is -0.145. The highest BCUT2D eigenvalue weighted by Gasteiger charge is 2.36. The summed E-state index contributed by atoms with van der Waals surface area (Å²) in [4.78, 5) is 29.7. The molecule has 2 saturated carbocycles. The number of hydrogen-bond donors (Lipinski definition) is 3. The number of sulfonamides is 1. The number of carbonyl (C=O) groups is 2. The summed E-state index contributed by atoms with van der Waals surface area (Å²) >= 11 is 1.17. The number of rotatable bonds is 8. The van der Waals surface area contributed by atoms with Crippen LogP contribution in [0.15, 0.2) is 35.2 Å². The second-order valence-electron chi connectivity index (χ2n) is 12.3. The number of thiazole rings is 1. The van der Waals surface area contributed by atoms with Crippen LogP contribution in [0.5, 0.6) is 0 Å². The van der Waals surface area contributed by atoms with Gasteiger partial charge in [0.1, 0.15) is 5.82 Å². The fourth-order valence-corrected chi connectivity index (χ4v) is 8.51. The first kappa shape index (κ1) is 29.6. The van der Waals surface area contributed by atoms with Gasteiger partial charge in [0.05, 0.1) is 21.4 Å². The van der Waals surface area contributed by atoms with E-state index in [1.807, 2.05) is 0 Å². The molecule has 5 rings (SSSR count). The number of benzene rings is 2. The molecule has 11 heteroatoms. The van der Waals surface area contributed by atoms with Gasteiger partial charge in [0, 0.05) is 27.9 Å². The molecule has 0 radical (unpaired) electrons. The van der Waals surface area contributed by atoms with Gasteiger partial charge in [0.25, 0.3) is 5.91 Å². The average molecular weight is 602 g/mol. The third-order valence-electron chi connectivity index (χ3n) is 7.85. The highest BCUT2D eigenvalue weighted by Crippen LogP contribution is 2.41. The van der Waals surface area contributed by atoms with E-state index >= 15 is 4.39 Å². The first-order valence-electron chi connectivity index (χ1n) is 14.1. The van der Waals surface area contributed by atoms with Crippen molar-refractivity contribution in [2.45, 2.75) is 88.6 Å². The Kier molecular flexibility index (Phi) is 8.24. The number of hydrogen-bond acceptors (Lipinski definition) is 6. The fraction of sp³-hybridized carbons (Fsp3) is 0.500. The smallest absolute Gasteiger partial charge is 0.306 e. The first-order chi connectivity index (χ1) is 19.3. The standard InChI is InChI=1S/C30H36FN3O5S2/c1-30(2,3)34-41(38,39)24-13-12-21(25-20(24)10-7-11-22(25)31)26-23(14-17-8-5-4-6-9-17)33-28(40-26)27(35)32-19-15-18(16-19)29(36)37/h7,10-13,17-19,34H,4-6,8-9,14-16H2,1-3H3,(H,32,35)(H,36,37)/t18-,19-. The maximum absolute atomic E-state index is 15.6. The molecule has 2 aliphatic rings. The largest absolute Gasteiger partial charge is 0.481 e. The van der Waals surface area contributed by atoms with Gasteiger partial charge in [0.15, 0.2) is 5.01 Å². The van der Waals surface area contributed by atoms with Crippen molar-refractivity contribution >= 4 is 44.0 Å². The van der Waals surface area contributed by atoms with Gasteiger partial charge < -0.3 is 10.4 Å². The van der Waals surface area contributed by atoms with Gasteiger partial charge in [-0.3, -0.25) is 9.59 Å². The molecule has 0 bridgehead atoms. The predicted molar refractivity (Wildman–Crippen MR) is 157 cm³/mol. The molecule has 2 aliphatic carbocycles. The Morgan fingerprint density at radius 3 is 2.46 bits per heavy atom. The summed E-state index contributed by atoms with van der Waals surface area (Å²) < 4.78 is 44.8. The van der Waals surface area contributed by atoms with Crippen LogP contribution in [-0.4, -0.2) is 42.0 Å². The van der Waals surface area contributed by atoms with Crippen LogP contribution in [0.2, 0.25) is 0 Å². The topological polar surface area (TPSA) is 125 Å². The number of carboxylic acids is 1. The van der Waals surface area contributed by atoms with E-state index in [1.165, 1.54) is 36.0 Å². The summed E-state index contributed by atoms with van der Waals surface area (Å²) in [6.07, 6.45) is 6.98. The third kappa shape index (κ3) is 6.47. The molecule has 1 amide bonds. The number of aliphatic carboxylic acids is 1. The second kappa shape index (κ2) is 11.4. The predicted octanol–water partition coefficient (Wildman–Crippen LogP) is 5.90. The average Bonchev–Trinajstić information content (AvgIpc) is 3.28. The maximum atomic E-state index is 15.6. The highest BCUT2D eigenvalue weighted by molar-refractivity contribution is 7.89. The number of carboxylic acid groups (broad SMARTS) is 1. The van der Waals surface area contributed by atoms with E-state index in [0.29, 0.717) is 41.3 Å². The van der Waals surface area contributed by atoms with E-state index in [0.717, 1.165) is 25.7 Å². The number of carbonyl (C=O) groups excluding carboxylic acids is 1. The Morgan fingerprint density at radius 1 is 1.10 bits per heavy atom. The van der Waals surface area contributed by atoms with E-state index in [9.17, 15) is 18.0 Å². The molecule has 220 valence electrons. The zero-order chi connectivity index (χ0) is 29.5. The van der Waals surface area contributed by atoms with Crippen LogP contribution >= 0.6 is 11.3 Å². The summed E-state index contributed by atoms with van der Waals surface area (Å²) in [5.41, 5.74) is 0.483. The Morgan fingerprint density at radius 2 is 1.80 bits per heavy atom. The maximum Gasteiger partial charge on any atom is 0.306 e. The number of aromatic nitrogens is 1. The van der Waals surface area contributed by atoms with Crippen LogP contribution in [0.4, 0.5) is 4.39 Å². The first-order valence-corrected chi connectivity index (χ1v) is 16.4. The molecule has 0 atom stereocenters. The number of nitrogens with one attached hydrogen (secondary N) is 2. The minimum atomic E-state index is -3.96. The molecule has 41 heavy (non-hydrogen) atoms.